The second-order valence-corrected chi connectivity index (χ2v) is 0.101. The molecule has 0 rings (SSSR count). The van der Waals surface area contributed by atoms with Crippen LogP contribution in [0.15, 0.2) is 0 Å². The second-order valence-electron chi connectivity index (χ2n) is 0.101. The van der Waals surface area contributed by atoms with Crippen LogP contribution in [0.2, 0.25) is 0 Å². The Bertz CT molecular complexity index is 7.61. The molecule has 24 valence electrons. The van der Waals surface area contributed by atoms with Gasteiger partial charge in [0.15, 0.2) is 0 Å². The summed E-state index contributed by atoms with van der Waals surface area (Å²) in [5, 5.41) is 0. The first-order chi connectivity index (χ1) is 1.41. The summed E-state index contributed by atoms with van der Waals surface area (Å²) in [4.78, 5) is 0. The maximum absolute atomic E-state index is 9.62. The van der Waals surface area contributed by atoms with E-state index < -0.39 is 6.93 Å². The van der Waals surface area contributed by atoms with E-state index in [1.807, 2.05) is 0 Å². The van der Waals surface area contributed by atoms with Gasteiger partial charge in [0.05, 0.1) is 0 Å². The molecule has 0 aliphatic carbocycles. The fourth-order valence-electron chi connectivity index (χ4n) is 0. The van der Waals surface area contributed by atoms with Crippen LogP contribution in [0.25, 0.3) is 0 Å². The summed E-state index contributed by atoms with van der Waals surface area (Å²) >= 11 is 0. The fourth-order valence-corrected chi connectivity index (χ4v) is 0. The summed E-state index contributed by atoms with van der Waals surface area (Å²) in [5.74, 6) is 0. The van der Waals surface area contributed by atoms with Crippen molar-refractivity contribution in [3.8, 4) is 0 Å². The molecular weight excluding hydrogens is 96.0 g/mol. The van der Waals surface area contributed by atoms with E-state index in [-0.39, 0.29) is 59.1 Å². The molecule has 0 saturated heterocycles. The summed E-state index contributed by atoms with van der Waals surface area (Å²) in [5.41, 5.74) is 0. The van der Waals surface area contributed by atoms with Crippen LogP contribution < -0.4 is 0 Å². The minimum atomic E-state index is -1.75. The Balaban J connectivity index is -0.0000000200. The Morgan fingerprint density at radius 1 is 1.00 bits per heavy atom. The number of hydrogen-bond donors (Lipinski definition) is 0. The van der Waals surface area contributed by atoms with E-state index >= 15 is 0 Å². The third-order valence-electron chi connectivity index (χ3n) is 0. The van der Waals surface area contributed by atoms with Gasteiger partial charge < -0.3 is 0 Å². The third kappa shape index (κ3) is 25.2. The number of rotatable bonds is 0. The predicted molar refractivity (Wildman–Crippen MR) is 21.4 cm³/mol. The van der Waals surface area contributed by atoms with E-state index in [0.717, 1.165) is 0 Å². The molecule has 0 amide bonds. The average Bonchev–Trinajstić information content (AvgIpc) is 0.918. The van der Waals surface area contributed by atoms with Crippen molar-refractivity contribution in [2.75, 3.05) is 6.93 Å². The van der Waals surface area contributed by atoms with Crippen molar-refractivity contribution < 1.29 is 8.78 Å². The van der Waals surface area contributed by atoms with Gasteiger partial charge in [-0.05, 0) is 0 Å². The molecule has 0 N–H and O–H groups in total. The van der Waals surface area contributed by atoms with Crippen molar-refractivity contribution in [2.45, 2.75) is 0 Å². The minimum absolute atomic E-state index is 0. The summed E-state index contributed by atoms with van der Waals surface area (Å²) in [6.45, 7) is -1.75. The Kier molecular flexibility index (Phi) is 53.5. The van der Waals surface area contributed by atoms with Crippen LogP contribution in [0.3, 0.4) is 0 Å². The van der Waals surface area contributed by atoms with Crippen LogP contribution in [-0.4, -0.2) is 66.0 Å². The molecule has 0 aliphatic heterocycles. The van der Waals surface area contributed by atoms with Crippen LogP contribution in [-0.2, 0) is 0 Å². The van der Waals surface area contributed by atoms with Crippen LogP contribution in [0.5, 0.6) is 0 Å². The summed E-state index contributed by atoms with van der Waals surface area (Å²) < 4.78 is 19.2. The molecule has 0 aromatic heterocycles. The number of hydrogen-bond acceptors (Lipinski definition) is 0. The molecular formula is CH4F2Na2. The van der Waals surface area contributed by atoms with Gasteiger partial charge in [-0.25, -0.2) is 8.78 Å². The fraction of sp³-hybridized carbons (Fsp3) is 1.00. The first-order valence-electron chi connectivity index (χ1n) is 0.535. The van der Waals surface area contributed by atoms with Crippen LogP contribution in [0.4, 0.5) is 8.78 Å². The van der Waals surface area contributed by atoms with Gasteiger partial charge in [-0.2, -0.15) is 0 Å². The van der Waals surface area contributed by atoms with Crippen molar-refractivity contribution in [1.29, 1.82) is 0 Å². The zero-order chi connectivity index (χ0) is 2.71. The first-order valence-corrected chi connectivity index (χ1v) is 0.535. The average molecular weight is 100 g/mol. The molecule has 0 heterocycles. The van der Waals surface area contributed by atoms with Gasteiger partial charge >= 0.3 is 59.1 Å². The molecule has 4 heteroatoms. The molecule has 0 radical (unpaired) electrons. The molecule has 0 aromatic carbocycles. The van der Waals surface area contributed by atoms with E-state index in [1.54, 1.807) is 0 Å². The maximum atomic E-state index is 9.62. The molecule has 0 aliphatic rings. The van der Waals surface area contributed by atoms with Gasteiger partial charge in [0.25, 0.3) is 0 Å². The van der Waals surface area contributed by atoms with Crippen molar-refractivity contribution in [3.05, 3.63) is 0 Å². The van der Waals surface area contributed by atoms with Gasteiger partial charge in [0.1, 0.15) is 0 Å². The van der Waals surface area contributed by atoms with Gasteiger partial charge in [-0.3, -0.25) is 0 Å². The zero-order valence-electron chi connectivity index (χ0n) is 1.46. The van der Waals surface area contributed by atoms with E-state index in [2.05, 4.69) is 0 Å². The van der Waals surface area contributed by atoms with Crippen LogP contribution >= 0.6 is 0 Å². The van der Waals surface area contributed by atoms with Crippen LogP contribution in [0.1, 0.15) is 0 Å². The summed E-state index contributed by atoms with van der Waals surface area (Å²) in [6.07, 6.45) is 0. The SMILES string of the molecule is FCF.[NaH].[NaH]. The molecule has 0 saturated carbocycles. The van der Waals surface area contributed by atoms with E-state index in [1.165, 1.54) is 0 Å². The monoisotopic (exact) mass is 100 g/mol. The van der Waals surface area contributed by atoms with E-state index in [9.17, 15) is 8.78 Å². The van der Waals surface area contributed by atoms with Gasteiger partial charge in [-0.15, -0.1) is 0 Å². The normalized spacial score (nSPS) is 3.60. The molecule has 0 spiro atoms. The quantitative estimate of drug-likeness (QED) is 0.363. The molecule has 0 aromatic rings. The molecule has 0 nitrogen and oxygen atoms in total. The standard InChI is InChI=1S/CH2F2.2Na.2H/c2-1-3;;;;/h1H2;;;;. The molecule has 0 unspecified atom stereocenters. The Hall–Kier alpha value is 1.86. The Morgan fingerprint density at radius 2 is 1.00 bits per heavy atom. The van der Waals surface area contributed by atoms with Gasteiger partial charge in [0.2, 0.25) is 6.93 Å². The van der Waals surface area contributed by atoms with Crippen molar-refractivity contribution in [2.24, 2.45) is 0 Å². The molecule has 5 heavy (non-hydrogen) atoms. The zero-order valence-corrected chi connectivity index (χ0v) is 1.46. The summed E-state index contributed by atoms with van der Waals surface area (Å²) in [7, 11) is 0. The third-order valence-corrected chi connectivity index (χ3v) is 0. The van der Waals surface area contributed by atoms with Crippen molar-refractivity contribution in [1.82, 2.24) is 0 Å². The number of alkyl halides is 2. The second kappa shape index (κ2) is 16.9. The first kappa shape index (κ1) is 15.8. The summed E-state index contributed by atoms with van der Waals surface area (Å²) in [6, 6.07) is 0. The van der Waals surface area contributed by atoms with E-state index in [4.69, 9.17) is 0 Å². The topological polar surface area (TPSA) is 0 Å². The van der Waals surface area contributed by atoms with E-state index in [0.29, 0.717) is 0 Å². The van der Waals surface area contributed by atoms with Crippen molar-refractivity contribution >= 4 is 59.1 Å². The van der Waals surface area contributed by atoms with Gasteiger partial charge in [-0.1, -0.05) is 0 Å². The van der Waals surface area contributed by atoms with Crippen molar-refractivity contribution in [3.63, 3.8) is 0 Å². The van der Waals surface area contributed by atoms with Crippen LogP contribution in [0, 0.1) is 0 Å². The predicted octanol–water partition coefficient (Wildman–Crippen LogP) is -0.414. The Morgan fingerprint density at radius 3 is 1.00 bits per heavy atom. The molecule has 0 bridgehead atoms. The molecule has 0 fully saturated rings. The number of halogens is 2. The van der Waals surface area contributed by atoms with Gasteiger partial charge in [0, 0.05) is 0 Å². The Labute approximate surface area is 73.9 Å². The molecule has 0 atom stereocenters.